The fourth-order valence-electron chi connectivity index (χ4n) is 1.09. The highest BCUT2D eigenvalue weighted by Crippen LogP contribution is 2.16. The van der Waals surface area contributed by atoms with E-state index < -0.39 is 5.97 Å². The number of benzene rings is 1. The van der Waals surface area contributed by atoms with Crippen LogP contribution in [0.3, 0.4) is 0 Å². The molecule has 0 fully saturated rings. The minimum Gasteiger partial charge on any atom is -0.503 e. The van der Waals surface area contributed by atoms with Gasteiger partial charge in [-0.1, -0.05) is 12.1 Å². The number of halogens is 1. The average Bonchev–Trinajstić information content (AvgIpc) is 2.26. The topological polar surface area (TPSA) is 35.5 Å². The van der Waals surface area contributed by atoms with Gasteiger partial charge in [0, 0.05) is 0 Å². The smallest absolute Gasteiger partial charge is 0.341 e. The van der Waals surface area contributed by atoms with Crippen LogP contribution < -0.4 is 0 Å². The van der Waals surface area contributed by atoms with Gasteiger partial charge in [0.1, 0.15) is 11.4 Å². The van der Waals surface area contributed by atoms with Gasteiger partial charge in [0.15, 0.2) is 0 Å². The van der Waals surface area contributed by atoms with Crippen LogP contribution in [-0.4, -0.2) is 20.2 Å². The van der Waals surface area contributed by atoms with Crippen LogP contribution in [-0.2, 0) is 14.3 Å². The molecule has 0 aromatic heterocycles. The Morgan fingerprint density at radius 1 is 1.27 bits per heavy atom. The van der Waals surface area contributed by atoms with Crippen LogP contribution in [0.15, 0.2) is 30.5 Å². The van der Waals surface area contributed by atoms with Crippen molar-refractivity contribution >= 4 is 11.5 Å². The number of hydrogen-bond acceptors (Lipinski definition) is 3. The van der Waals surface area contributed by atoms with Crippen molar-refractivity contribution in [2.45, 2.75) is 0 Å². The maximum atomic E-state index is 12.7. The minimum atomic E-state index is -0.525. The van der Waals surface area contributed by atoms with E-state index in [-0.39, 0.29) is 11.4 Å². The number of hydrogen-bond donors (Lipinski definition) is 0. The molecule has 0 atom stereocenters. The van der Waals surface area contributed by atoms with E-state index in [1.807, 2.05) is 0 Å². The van der Waals surface area contributed by atoms with Crippen LogP contribution in [0.1, 0.15) is 5.56 Å². The molecule has 15 heavy (non-hydrogen) atoms. The van der Waals surface area contributed by atoms with Crippen LogP contribution >= 0.6 is 0 Å². The minimum absolute atomic E-state index is 0.250. The lowest BCUT2D eigenvalue weighted by Crippen LogP contribution is -2.04. The standard InChI is InChI=1S/C11H11FO3/c1-14-7-10(11(13)15-2)8-3-5-9(12)6-4-8/h3-7H,1-2H3/b10-7+. The molecule has 1 rings (SSSR count). The van der Waals surface area contributed by atoms with Gasteiger partial charge in [-0.3, -0.25) is 0 Å². The molecule has 1 aromatic rings. The number of methoxy groups -OCH3 is 2. The molecule has 0 spiro atoms. The Labute approximate surface area is 87.1 Å². The van der Waals surface area contributed by atoms with Crippen molar-refractivity contribution in [2.75, 3.05) is 14.2 Å². The quantitative estimate of drug-likeness (QED) is 0.434. The van der Waals surface area contributed by atoms with Crippen LogP contribution in [0.25, 0.3) is 5.57 Å². The van der Waals surface area contributed by atoms with Crippen LogP contribution in [0.2, 0.25) is 0 Å². The van der Waals surface area contributed by atoms with Crippen molar-refractivity contribution in [3.8, 4) is 0 Å². The molecule has 4 heteroatoms. The Hall–Kier alpha value is -1.84. The van der Waals surface area contributed by atoms with E-state index >= 15 is 0 Å². The first-order valence-corrected chi connectivity index (χ1v) is 4.26. The van der Waals surface area contributed by atoms with Gasteiger partial charge in [-0.15, -0.1) is 0 Å². The highest BCUT2D eigenvalue weighted by atomic mass is 19.1. The van der Waals surface area contributed by atoms with Crippen molar-refractivity contribution in [2.24, 2.45) is 0 Å². The summed E-state index contributed by atoms with van der Waals surface area (Å²) in [6.07, 6.45) is 1.26. The number of carbonyl (C=O) groups excluding carboxylic acids is 1. The van der Waals surface area contributed by atoms with Gasteiger partial charge in [0.2, 0.25) is 0 Å². The Balaban J connectivity index is 3.05. The summed E-state index contributed by atoms with van der Waals surface area (Å²) >= 11 is 0. The monoisotopic (exact) mass is 210 g/mol. The summed E-state index contributed by atoms with van der Waals surface area (Å²) in [5.74, 6) is -0.885. The predicted octanol–water partition coefficient (Wildman–Crippen LogP) is 1.99. The number of rotatable bonds is 3. The highest BCUT2D eigenvalue weighted by Gasteiger charge is 2.12. The molecule has 0 amide bonds. The van der Waals surface area contributed by atoms with E-state index in [9.17, 15) is 9.18 Å². The summed E-state index contributed by atoms with van der Waals surface area (Å²) in [6.45, 7) is 0. The first-order chi connectivity index (χ1) is 7.19. The third kappa shape index (κ3) is 2.80. The lowest BCUT2D eigenvalue weighted by molar-refractivity contribution is -0.133. The molecule has 80 valence electrons. The molecule has 0 aliphatic heterocycles. The molecule has 1 aromatic carbocycles. The van der Waals surface area contributed by atoms with Gasteiger partial charge in [0.05, 0.1) is 20.5 Å². The predicted molar refractivity (Wildman–Crippen MR) is 53.4 cm³/mol. The fraction of sp³-hybridized carbons (Fsp3) is 0.182. The molecule has 0 radical (unpaired) electrons. The van der Waals surface area contributed by atoms with Gasteiger partial charge in [0.25, 0.3) is 0 Å². The van der Waals surface area contributed by atoms with Crippen LogP contribution in [0.4, 0.5) is 4.39 Å². The Morgan fingerprint density at radius 3 is 2.33 bits per heavy atom. The van der Waals surface area contributed by atoms with Gasteiger partial charge >= 0.3 is 5.97 Å². The van der Waals surface area contributed by atoms with E-state index in [0.29, 0.717) is 5.56 Å². The van der Waals surface area contributed by atoms with E-state index in [1.54, 1.807) is 0 Å². The van der Waals surface area contributed by atoms with Crippen LogP contribution in [0.5, 0.6) is 0 Å². The van der Waals surface area contributed by atoms with Gasteiger partial charge < -0.3 is 9.47 Å². The van der Waals surface area contributed by atoms with Crippen LogP contribution in [0, 0.1) is 5.82 Å². The molecular formula is C11H11FO3. The number of ether oxygens (including phenoxy) is 2. The van der Waals surface area contributed by atoms with Gasteiger partial charge in [-0.2, -0.15) is 0 Å². The third-order valence-electron chi connectivity index (χ3n) is 1.80. The first kappa shape index (κ1) is 11.2. The van der Waals surface area contributed by atoms with Gasteiger partial charge in [-0.25, -0.2) is 9.18 Å². The SMILES string of the molecule is CO/C=C(/C(=O)OC)c1ccc(F)cc1. The molecule has 0 bridgehead atoms. The van der Waals surface area contributed by atoms with Crippen molar-refractivity contribution in [1.82, 2.24) is 0 Å². The second-order valence-electron chi connectivity index (χ2n) is 2.77. The first-order valence-electron chi connectivity index (χ1n) is 4.26. The zero-order valence-electron chi connectivity index (χ0n) is 8.49. The molecule has 0 aliphatic rings. The Bertz CT molecular complexity index is 368. The van der Waals surface area contributed by atoms with Crippen molar-refractivity contribution < 1.29 is 18.7 Å². The number of carbonyl (C=O) groups is 1. The van der Waals surface area contributed by atoms with E-state index in [1.165, 1.54) is 44.7 Å². The summed E-state index contributed by atoms with van der Waals surface area (Å²) in [6, 6.07) is 5.50. The molecular weight excluding hydrogens is 199 g/mol. The second-order valence-corrected chi connectivity index (χ2v) is 2.77. The van der Waals surface area contributed by atoms with Crippen molar-refractivity contribution in [3.05, 3.63) is 41.9 Å². The maximum Gasteiger partial charge on any atom is 0.341 e. The Morgan fingerprint density at radius 2 is 1.87 bits per heavy atom. The number of esters is 1. The van der Waals surface area contributed by atoms with Crippen molar-refractivity contribution in [3.63, 3.8) is 0 Å². The summed E-state index contributed by atoms with van der Waals surface area (Å²) in [5, 5.41) is 0. The summed E-state index contributed by atoms with van der Waals surface area (Å²) < 4.78 is 22.0. The maximum absolute atomic E-state index is 12.7. The molecule has 0 saturated heterocycles. The molecule has 0 N–H and O–H groups in total. The molecule has 0 aliphatic carbocycles. The lowest BCUT2D eigenvalue weighted by Gasteiger charge is -2.04. The van der Waals surface area contributed by atoms with E-state index in [4.69, 9.17) is 4.74 Å². The Kier molecular flexibility index (Phi) is 3.85. The molecule has 0 unspecified atom stereocenters. The summed E-state index contributed by atoms with van der Waals surface area (Å²) in [4.78, 5) is 11.3. The zero-order valence-corrected chi connectivity index (χ0v) is 8.49. The fourth-order valence-corrected chi connectivity index (χ4v) is 1.09. The third-order valence-corrected chi connectivity index (χ3v) is 1.80. The largest absolute Gasteiger partial charge is 0.503 e. The zero-order chi connectivity index (χ0) is 11.3. The second kappa shape index (κ2) is 5.14. The summed E-state index contributed by atoms with van der Waals surface area (Å²) in [7, 11) is 2.70. The molecule has 3 nitrogen and oxygen atoms in total. The van der Waals surface area contributed by atoms with E-state index in [0.717, 1.165) is 0 Å². The molecule has 0 saturated carbocycles. The average molecular weight is 210 g/mol. The highest BCUT2D eigenvalue weighted by molar-refractivity contribution is 6.16. The van der Waals surface area contributed by atoms with Crippen molar-refractivity contribution in [1.29, 1.82) is 0 Å². The van der Waals surface area contributed by atoms with E-state index in [2.05, 4.69) is 4.74 Å². The summed E-state index contributed by atoms with van der Waals surface area (Å²) in [5.41, 5.74) is 0.796. The van der Waals surface area contributed by atoms with Gasteiger partial charge in [-0.05, 0) is 17.7 Å². The molecule has 0 heterocycles. The lowest BCUT2D eigenvalue weighted by atomic mass is 10.1. The normalized spacial score (nSPS) is 11.0.